The summed E-state index contributed by atoms with van der Waals surface area (Å²) in [5.41, 5.74) is 12.8. The van der Waals surface area contributed by atoms with Crippen LogP contribution in [0.5, 0.6) is 34.5 Å². The molecule has 0 radical (unpaired) electrons. The second kappa shape index (κ2) is 11.1. The Morgan fingerprint density at radius 2 is 1.03 bits per heavy atom. The maximum Gasteiger partial charge on any atom is 0.206 e. The summed E-state index contributed by atoms with van der Waals surface area (Å²) in [6.07, 6.45) is 0. The van der Waals surface area contributed by atoms with Crippen LogP contribution >= 0.6 is 0 Å². The van der Waals surface area contributed by atoms with E-state index in [4.69, 9.17) is 30.4 Å². The number of hydrogen-bond acceptors (Lipinski definition) is 8. The molecule has 0 heterocycles. The van der Waals surface area contributed by atoms with Crippen LogP contribution < -0.4 is 30.4 Å². The predicted molar refractivity (Wildman–Crippen MR) is 143 cm³/mol. The molecule has 8 nitrogen and oxygen atoms in total. The van der Waals surface area contributed by atoms with Crippen molar-refractivity contribution in [3.63, 3.8) is 0 Å². The highest BCUT2D eigenvalue weighted by Crippen LogP contribution is 2.38. The number of hydrogen-bond donors (Lipinski definition) is 2. The lowest BCUT2D eigenvalue weighted by Crippen LogP contribution is -2.05. The Morgan fingerprint density at radius 3 is 1.41 bits per heavy atom. The van der Waals surface area contributed by atoms with Crippen molar-refractivity contribution >= 4 is 21.2 Å². The van der Waals surface area contributed by atoms with E-state index in [2.05, 4.69) is 0 Å². The second-order valence-electron chi connectivity index (χ2n) is 7.94. The van der Waals surface area contributed by atoms with E-state index in [0.717, 1.165) is 0 Å². The molecule has 4 aromatic rings. The smallest absolute Gasteiger partial charge is 0.206 e. The summed E-state index contributed by atoms with van der Waals surface area (Å²) >= 11 is 0. The number of nitrogens with two attached hydrogens (primary N) is 2. The Labute approximate surface area is 216 Å². The van der Waals surface area contributed by atoms with Gasteiger partial charge in [-0.1, -0.05) is 12.1 Å². The molecule has 0 unspecified atom stereocenters. The Balaban J connectivity index is 1.67. The Kier molecular flexibility index (Phi) is 7.74. The predicted octanol–water partition coefficient (Wildman–Crippen LogP) is 6.07. The van der Waals surface area contributed by atoms with Crippen LogP contribution in [0.4, 0.5) is 11.4 Å². The fraction of sp³-hybridized carbons (Fsp3) is 0.143. The van der Waals surface area contributed by atoms with Crippen LogP contribution in [-0.2, 0) is 9.84 Å². The maximum absolute atomic E-state index is 13.5. The van der Waals surface area contributed by atoms with Crippen molar-refractivity contribution in [2.75, 3.05) is 24.7 Å². The molecule has 0 aromatic heterocycles. The van der Waals surface area contributed by atoms with E-state index in [1.54, 1.807) is 74.5 Å². The first-order valence-corrected chi connectivity index (χ1v) is 13.1. The van der Waals surface area contributed by atoms with Crippen LogP contribution in [0.2, 0.25) is 0 Å². The highest BCUT2D eigenvalue weighted by Gasteiger charge is 2.23. The Bertz CT molecular complexity index is 1400. The zero-order valence-electron chi connectivity index (χ0n) is 20.5. The van der Waals surface area contributed by atoms with E-state index in [0.29, 0.717) is 47.6 Å². The van der Waals surface area contributed by atoms with E-state index in [-0.39, 0.29) is 21.3 Å². The van der Waals surface area contributed by atoms with Gasteiger partial charge < -0.3 is 30.4 Å². The van der Waals surface area contributed by atoms with Gasteiger partial charge in [-0.3, -0.25) is 0 Å². The van der Waals surface area contributed by atoms with Crippen LogP contribution in [0.15, 0.2) is 94.7 Å². The van der Waals surface area contributed by atoms with Crippen LogP contribution in [0.3, 0.4) is 0 Å². The first-order chi connectivity index (χ1) is 17.8. The van der Waals surface area contributed by atoms with Crippen molar-refractivity contribution in [3.05, 3.63) is 84.9 Å². The number of sulfone groups is 1. The normalized spacial score (nSPS) is 11.1. The third-order valence-electron chi connectivity index (χ3n) is 5.22. The van der Waals surface area contributed by atoms with Crippen molar-refractivity contribution < 1.29 is 27.4 Å². The molecule has 4 rings (SSSR count). The van der Waals surface area contributed by atoms with Gasteiger partial charge in [0, 0.05) is 35.6 Å². The first-order valence-electron chi connectivity index (χ1n) is 11.7. The summed E-state index contributed by atoms with van der Waals surface area (Å²) in [6, 6.07) is 22.8. The number of nitrogen functional groups attached to an aromatic ring is 2. The SMILES string of the molecule is CCOc1cc(S(=O)(=O)c2ccc(Oc3cccc(N)c3)c(OCC)c2)ccc1Oc1cccc(N)c1. The molecule has 0 aliphatic rings. The summed E-state index contributed by atoms with van der Waals surface area (Å²) in [5, 5.41) is 0. The number of anilines is 2. The van der Waals surface area contributed by atoms with Crippen molar-refractivity contribution in [1.82, 2.24) is 0 Å². The molecule has 0 spiro atoms. The van der Waals surface area contributed by atoms with Gasteiger partial charge in [0.05, 0.1) is 23.0 Å². The molecule has 0 aliphatic heterocycles. The molecule has 0 saturated carbocycles. The van der Waals surface area contributed by atoms with Gasteiger partial charge in [0.1, 0.15) is 11.5 Å². The molecule has 0 saturated heterocycles. The lowest BCUT2D eigenvalue weighted by atomic mass is 10.3. The van der Waals surface area contributed by atoms with Crippen LogP contribution in [-0.4, -0.2) is 21.6 Å². The Morgan fingerprint density at radius 1 is 0.595 bits per heavy atom. The largest absolute Gasteiger partial charge is 0.490 e. The minimum Gasteiger partial charge on any atom is -0.490 e. The van der Waals surface area contributed by atoms with Crippen molar-refractivity contribution in [1.29, 1.82) is 0 Å². The van der Waals surface area contributed by atoms with E-state index in [9.17, 15) is 8.42 Å². The molecular formula is C28H28N2O6S. The lowest BCUT2D eigenvalue weighted by molar-refractivity contribution is 0.320. The van der Waals surface area contributed by atoms with Gasteiger partial charge in [-0.2, -0.15) is 0 Å². The minimum absolute atomic E-state index is 0.0443. The average molecular weight is 521 g/mol. The van der Waals surface area contributed by atoms with Gasteiger partial charge in [0.2, 0.25) is 9.84 Å². The zero-order chi connectivity index (χ0) is 26.4. The molecule has 0 fully saturated rings. The summed E-state index contributed by atoms with van der Waals surface area (Å²) in [7, 11) is -3.92. The first kappa shape index (κ1) is 25.7. The zero-order valence-corrected chi connectivity index (χ0v) is 21.3. The summed E-state index contributed by atoms with van der Waals surface area (Å²) < 4.78 is 50.3. The molecule has 9 heteroatoms. The highest BCUT2D eigenvalue weighted by atomic mass is 32.2. The van der Waals surface area contributed by atoms with Gasteiger partial charge >= 0.3 is 0 Å². The van der Waals surface area contributed by atoms with E-state index in [1.807, 2.05) is 0 Å². The number of benzene rings is 4. The van der Waals surface area contributed by atoms with Crippen molar-refractivity contribution in [2.24, 2.45) is 0 Å². The van der Waals surface area contributed by atoms with Crippen LogP contribution in [0.25, 0.3) is 0 Å². The number of ether oxygens (including phenoxy) is 4. The standard InChI is InChI=1S/C28H28N2O6S/c1-3-33-27-17-23(11-13-25(27)35-21-9-5-7-19(29)15-21)37(31,32)24-12-14-26(28(18-24)34-4-2)36-22-10-6-8-20(30)16-22/h5-18H,3-4,29-30H2,1-2H3. The average Bonchev–Trinajstić information content (AvgIpc) is 2.86. The fourth-order valence-electron chi connectivity index (χ4n) is 3.56. The van der Waals surface area contributed by atoms with Gasteiger partial charge in [0.15, 0.2) is 23.0 Å². The van der Waals surface area contributed by atoms with Gasteiger partial charge in [0.25, 0.3) is 0 Å². The number of rotatable bonds is 10. The molecule has 4 N–H and O–H groups in total. The van der Waals surface area contributed by atoms with Gasteiger partial charge in [-0.05, 0) is 62.4 Å². The summed E-state index contributed by atoms with van der Waals surface area (Å²) in [6.45, 7) is 4.25. The third kappa shape index (κ3) is 6.07. The summed E-state index contributed by atoms with van der Waals surface area (Å²) in [4.78, 5) is 0.0886. The topological polar surface area (TPSA) is 123 Å². The van der Waals surface area contributed by atoms with Gasteiger partial charge in [-0.25, -0.2) is 8.42 Å². The van der Waals surface area contributed by atoms with E-state index >= 15 is 0 Å². The van der Waals surface area contributed by atoms with E-state index < -0.39 is 9.84 Å². The molecule has 0 atom stereocenters. The molecule has 0 amide bonds. The molecule has 0 bridgehead atoms. The van der Waals surface area contributed by atoms with Crippen molar-refractivity contribution in [2.45, 2.75) is 23.6 Å². The van der Waals surface area contributed by atoms with Crippen LogP contribution in [0, 0.1) is 0 Å². The fourth-order valence-corrected chi connectivity index (χ4v) is 4.85. The third-order valence-corrected chi connectivity index (χ3v) is 6.97. The van der Waals surface area contributed by atoms with Gasteiger partial charge in [-0.15, -0.1) is 0 Å². The lowest BCUT2D eigenvalue weighted by Gasteiger charge is -2.15. The molecule has 192 valence electrons. The summed E-state index contributed by atoms with van der Waals surface area (Å²) in [5.74, 6) is 2.33. The van der Waals surface area contributed by atoms with Crippen LogP contribution in [0.1, 0.15) is 13.8 Å². The monoisotopic (exact) mass is 520 g/mol. The molecule has 0 aliphatic carbocycles. The van der Waals surface area contributed by atoms with E-state index in [1.165, 1.54) is 24.3 Å². The Hall–Kier alpha value is -4.37. The van der Waals surface area contributed by atoms with Crippen molar-refractivity contribution in [3.8, 4) is 34.5 Å². The maximum atomic E-state index is 13.5. The minimum atomic E-state index is -3.92. The molecule has 4 aromatic carbocycles. The molecule has 37 heavy (non-hydrogen) atoms. The second-order valence-corrected chi connectivity index (χ2v) is 9.89. The quantitative estimate of drug-likeness (QED) is 0.242. The highest BCUT2D eigenvalue weighted by molar-refractivity contribution is 7.91. The molecular weight excluding hydrogens is 492 g/mol.